The molecule has 0 bridgehead atoms. The van der Waals surface area contributed by atoms with Crippen molar-refractivity contribution in [1.82, 2.24) is 4.90 Å². The highest BCUT2D eigenvalue weighted by Gasteiger charge is 2.17. The van der Waals surface area contributed by atoms with Gasteiger partial charge >= 0.3 is 0 Å². The van der Waals surface area contributed by atoms with Gasteiger partial charge in [-0.2, -0.15) is 0 Å². The molecule has 0 spiro atoms. The van der Waals surface area contributed by atoms with E-state index >= 15 is 0 Å². The Hall–Kier alpha value is -0.670. The van der Waals surface area contributed by atoms with E-state index < -0.39 is 9.84 Å². The van der Waals surface area contributed by atoms with Gasteiger partial charge in [-0.25, -0.2) is 8.42 Å². The molecule has 1 aromatic carbocycles. The molecule has 7 heteroatoms. The highest BCUT2D eigenvalue weighted by atomic mass is 127. The van der Waals surface area contributed by atoms with Crippen LogP contribution < -0.4 is 5.32 Å². The average molecular weight is 410 g/mol. The summed E-state index contributed by atoms with van der Waals surface area (Å²) in [6.07, 6.45) is 1.20. The van der Waals surface area contributed by atoms with Gasteiger partial charge in [0.2, 0.25) is 5.91 Å². The van der Waals surface area contributed by atoms with Crippen LogP contribution in [0.1, 0.15) is 6.92 Å². The Bertz CT molecular complexity index is 557. The smallest absolute Gasteiger partial charge is 0.238 e. The minimum Gasteiger partial charge on any atom is -0.325 e. The quantitative estimate of drug-likeness (QED) is 0.724. The van der Waals surface area contributed by atoms with E-state index in [1.54, 1.807) is 18.9 Å². The van der Waals surface area contributed by atoms with Crippen molar-refractivity contribution in [3.63, 3.8) is 0 Å². The lowest BCUT2D eigenvalue weighted by Gasteiger charge is -2.23. The number of amides is 1. The van der Waals surface area contributed by atoms with Crippen LogP contribution in [0.2, 0.25) is 0 Å². The largest absolute Gasteiger partial charge is 0.325 e. The SMILES string of the molecule is CC(CS(C)(=O)=O)N(C)CC(=O)Nc1ccc(I)cc1. The van der Waals surface area contributed by atoms with E-state index in [9.17, 15) is 13.2 Å². The number of carbonyl (C=O) groups is 1. The van der Waals surface area contributed by atoms with Crippen LogP contribution in [-0.2, 0) is 14.6 Å². The third-order valence-corrected chi connectivity index (χ3v) is 4.62. The highest BCUT2D eigenvalue weighted by Crippen LogP contribution is 2.11. The van der Waals surface area contributed by atoms with E-state index in [0.717, 1.165) is 9.26 Å². The van der Waals surface area contributed by atoms with E-state index in [-0.39, 0.29) is 24.2 Å². The molecule has 0 fully saturated rings. The lowest BCUT2D eigenvalue weighted by Crippen LogP contribution is -2.39. The number of sulfone groups is 1. The molecule has 20 heavy (non-hydrogen) atoms. The van der Waals surface area contributed by atoms with Crippen molar-refractivity contribution in [2.24, 2.45) is 0 Å². The molecule has 0 aliphatic carbocycles. The number of hydrogen-bond donors (Lipinski definition) is 1. The van der Waals surface area contributed by atoms with E-state index in [1.807, 2.05) is 24.3 Å². The van der Waals surface area contributed by atoms with Gasteiger partial charge in [-0.05, 0) is 60.8 Å². The maximum atomic E-state index is 11.9. The van der Waals surface area contributed by atoms with Gasteiger partial charge < -0.3 is 5.32 Å². The zero-order valence-corrected chi connectivity index (χ0v) is 14.7. The molecule has 0 aliphatic rings. The first-order valence-electron chi connectivity index (χ1n) is 6.11. The number of nitrogens with zero attached hydrogens (tertiary/aromatic N) is 1. The summed E-state index contributed by atoms with van der Waals surface area (Å²) in [5.74, 6) is -0.116. The number of carbonyl (C=O) groups excluding carboxylic acids is 1. The lowest BCUT2D eigenvalue weighted by atomic mass is 10.3. The number of anilines is 1. The van der Waals surface area contributed by atoms with Crippen LogP contribution in [0, 0.1) is 3.57 Å². The fourth-order valence-corrected chi connectivity index (χ4v) is 3.17. The van der Waals surface area contributed by atoms with Gasteiger partial charge in [0.25, 0.3) is 0 Å². The normalized spacial score (nSPS) is 13.2. The molecule has 5 nitrogen and oxygen atoms in total. The van der Waals surface area contributed by atoms with Crippen molar-refractivity contribution < 1.29 is 13.2 Å². The molecule has 0 aromatic heterocycles. The number of hydrogen-bond acceptors (Lipinski definition) is 4. The third kappa shape index (κ3) is 6.67. The molecule has 1 unspecified atom stereocenters. The van der Waals surface area contributed by atoms with E-state index in [4.69, 9.17) is 0 Å². The Balaban J connectivity index is 2.51. The summed E-state index contributed by atoms with van der Waals surface area (Å²) in [6, 6.07) is 7.28. The van der Waals surface area contributed by atoms with Crippen LogP contribution in [0.4, 0.5) is 5.69 Å². The fourth-order valence-electron chi connectivity index (χ4n) is 1.68. The molecule has 0 saturated heterocycles. The second-order valence-corrected chi connectivity index (χ2v) is 8.34. The van der Waals surface area contributed by atoms with Crippen LogP contribution in [0.15, 0.2) is 24.3 Å². The number of nitrogens with one attached hydrogen (secondary N) is 1. The summed E-state index contributed by atoms with van der Waals surface area (Å²) >= 11 is 2.19. The molecule has 0 heterocycles. The Labute approximate surface area is 133 Å². The molecule has 1 aromatic rings. The molecule has 1 amide bonds. The van der Waals surface area contributed by atoms with Crippen molar-refractivity contribution in [3.8, 4) is 0 Å². The van der Waals surface area contributed by atoms with Gasteiger partial charge in [-0.1, -0.05) is 0 Å². The fraction of sp³-hybridized carbons (Fsp3) is 0.462. The second-order valence-electron chi connectivity index (χ2n) is 4.91. The van der Waals surface area contributed by atoms with Crippen LogP contribution in [-0.4, -0.2) is 50.9 Å². The molecular weight excluding hydrogens is 391 g/mol. The van der Waals surface area contributed by atoms with Gasteiger partial charge in [0.1, 0.15) is 9.84 Å². The van der Waals surface area contributed by atoms with Crippen molar-refractivity contribution in [3.05, 3.63) is 27.8 Å². The van der Waals surface area contributed by atoms with E-state index in [2.05, 4.69) is 27.9 Å². The predicted molar refractivity (Wildman–Crippen MR) is 89.6 cm³/mol. The molecule has 1 atom stereocenters. The molecule has 1 N–H and O–H groups in total. The highest BCUT2D eigenvalue weighted by molar-refractivity contribution is 14.1. The molecule has 0 radical (unpaired) electrons. The van der Waals surface area contributed by atoms with Gasteiger partial charge in [-0.3, -0.25) is 9.69 Å². The summed E-state index contributed by atoms with van der Waals surface area (Å²) in [5.41, 5.74) is 0.736. The topological polar surface area (TPSA) is 66.5 Å². The Kier molecular flexibility index (Phi) is 6.41. The van der Waals surface area contributed by atoms with E-state index in [0.29, 0.717) is 0 Å². The summed E-state index contributed by atoms with van der Waals surface area (Å²) in [6.45, 7) is 1.95. The van der Waals surface area contributed by atoms with Crippen LogP contribution in [0.3, 0.4) is 0 Å². The van der Waals surface area contributed by atoms with Crippen LogP contribution in [0.5, 0.6) is 0 Å². The van der Waals surface area contributed by atoms with Crippen LogP contribution in [0.25, 0.3) is 0 Å². The molecule has 1 rings (SSSR count). The van der Waals surface area contributed by atoms with Gasteiger partial charge in [0.05, 0.1) is 12.3 Å². The Morgan fingerprint density at radius 3 is 2.40 bits per heavy atom. The molecular formula is C13H19IN2O3S. The maximum absolute atomic E-state index is 11.9. The molecule has 0 saturated carbocycles. The zero-order valence-electron chi connectivity index (χ0n) is 11.8. The van der Waals surface area contributed by atoms with Gasteiger partial charge in [0.15, 0.2) is 0 Å². The summed E-state index contributed by atoms with van der Waals surface area (Å²) in [4.78, 5) is 13.6. The molecule has 0 aliphatic heterocycles. The van der Waals surface area contributed by atoms with Crippen molar-refractivity contribution in [2.45, 2.75) is 13.0 Å². The maximum Gasteiger partial charge on any atom is 0.238 e. The average Bonchev–Trinajstić information content (AvgIpc) is 2.29. The Morgan fingerprint density at radius 1 is 1.35 bits per heavy atom. The number of benzene rings is 1. The summed E-state index contributed by atoms with van der Waals surface area (Å²) in [5, 5.41) is 2.78. The first-order valence-corrected chi connectivity index (χ1v) is 9.24. The first kappa shape index (κ1) is 17.4. The summed E-state index contributed by atoms with van der Waals surface area (Å²) < 4.78 is 23.6. The minimum atomic E-state index is -3.04. The second kappa shape index (κ2) is 7.37. The van der Waals surface area contributed by atoms with Crippen molar-refractivity contribution in [1.29, 1.82) is 0 Å². The standard InChI is InChI=1S/C13H19IN2O3S/c1-10(9-20(3,18)19)16(2)8-13(17)15-12-6-4-11(14)5-7-12/h4-7,10H,8-9H2,1-3H3,(H,15,17). The van der Waals surface area contributed by atoms with Crippen LogP contribution >= 0.6 is 22.6 Å². The minimum absolute atomic E-state index is 0.0420. The number of rotatable bonds is 6. The summed E-state index contributed by atoms with van der Waals surface area (Å²) in [7, 11) is -1.30. The van der Waals surface area contributed by atoms with Crippen molar-refractivity contribution >= 4 is 44.0 Å². The van der Waals surface area contributed by atoms with Crippen molar-refractivity contribution in [2.75, 3.05) is 30.9 Å². The molecule has 112 valence electrons. The Morgan fingerprint density at radius 2 is 1.90 bits per heavy atom. The van der Waals surface area contributed by atoms with E-state index in [1.165, 1.54) is 6.26 Å². The monoisotopic (exact) mass is 410 g/mol. The zero-order chi connectivity index (χ0) is 15.3. The number of halogens is 1. The van der Waals surface area contributed by atoms with Gasteiger partial charge in [-0.15, -0.1) is 0 Å². The first-order chi connectivity index (χ1) is 9.17. The number of likely N-dealkylation sites (N-methyl/N-ethyl adjacent to an activating group) is 1. The third-order valence-electron chi connectivity index (χ3n) is 2.82. The predicted octanol–water partition coefficient (Wildman–Crippen LogP) is 1.59. The lowest BCUT2D eigenvalue weighted by molar-refractivity contribution is -0.117. The van der Waals surface area contributed by atoms with Gasteiger partial charge in [0, 0.05) is 21.6 Å².